The fraction of sp³-hybridized carbons (Fsp3) is 0.471. The quantitative estimate of drug-likeness (QED) is 0.835. The van der Waals surface area contributed by atoms with Crippen molar-refractivity contribution in [2.45, 2.75) is 25.4 Å². The highest BCUT2D eigenvalue weighted by Gasteiger charge is 2.20. The van der Waals surface area contributed by atoms with Gasteiger partial charge in [0.25, 0.3) is 0 Å². The molecule has 1 aliphatic carbocycles. The van der Waals surface area contributed by atoms with E-state index >= 15 is 0 Å². The third kappa shape index (κ3) is 3.42. The minimum atomic E-state index is -0.751. The smallest absolute Gasteiger partial charge is 0.223 e. The van der Waals surface area contributed by atoms with Crippen LogP contribution in [-0.2, 0) is 4.79 Å². The zero-order chi connectivity index (χ0) is 15.4. The van der Waals surface area contributed by atoms with Crippen LogP contribution in [0.2, 0.25) is 0 Å². The number of nitrogens with one attached hydrogen (secondary N) is 1. The molecule has 1 aliphatic heterocycles. The Hall–Kier alpha value is -2.01. The first kappa shape index (κ1) is 14.9. The summed E-state index contributed by atoms with van der Waals surface area (Å²) in [5, 5.41) is 13.1. The van der Waals surface area contributed by atoms with Gasteiger partial charge in [-0.25, -0.2) is 0 Å². The maximum Gasteiger partial charge on any atom is 0.223 e. The second-order valence-corrected chi connectivity index (χ2v) is 5.65. The Morgan fingerprint density at radius 3 is 2.86 bits per heavy atom. The number of aliphatic hydroxyl groups is 1. The molecular formula is C17H21NO4. The molecular weight excluding hydrogens is 282 g/mol. The predicted molar refractivity (Wildman–Crippen MR) is 81.9 cm³/mol. The van der Waals surface area contributed by atoms with Gasteiger partial charge < -0.3 is 19.9 Å². The monoisotopic (exact) mass is 303 g/mol. The van der Waals surface area contributed by atoms with E-state index in [0.29, 0.717) is 30.3 Å². The molecule has 5 nitrogen and oxygen atoms in total. The van der Waals surface area contributed by atoms with Crippen LogP contribution in [0.1, 0.15) is 30.9 Å². The maximum atomic E-state index is 12.1. The number of rotatable bonds is 4. The van der Waals surface area contributed by atoms with Crippen molar-refractivity contribution in [3.8, 4) is 11.5 Å². The molecule has 2 atom stereocenters. The number of allylic oxidation sites excluding steroid dienone is 2. The number of carbonyl (C=O) groups is 1. The SMILES string of the molecule is O=C(NC[C@H](O)c1ccc2c(c1)OCCO2)[C@H]1CC=CCC1. The lowest BCUT2D eigenvalue weighted by Crippen LogP contribution is -2.34. The minimum Gasteiger partial charge on any atom is -0.486 e. The molecule has 0 unspecified atom stereocenters. The van der Waals surface area contributed by atoms with E-state index in [1.807, 2.05) is 6.08 Å². The molecule has 0 saturated heterocycles. The zero-order valence-corrected chi connectivity index (χ0v) is 12.5. The van der Waals surface area contributed by atoms with E-state index in [1.165, 1.54) is 0 Å². The van der Waals surface area contributed by atoms with Crippen LogP contribution in [0.4, 0.5) is 0 Å². The van der Waals surface area contributed by atoms with Gasteiger partial charge in [-0.1, -0.05) is 18.2 Å². The molecule has 2 aliphatic rings. The first-order valence-corrected chi connectivity index (χ1v) is 7.74. The molecule has 0 aromatic heterocycles. The maximum absolute atomic E-state index is 12.1. The van der Waals surface area contributed by atoms with Crippen LogP contribution in [0.25, 0.3) is 0 Å². The van der Waals surface area contributed by atoms with Crippen LogP contribution in [-0.4, -0.2) is 30.8 Å². The first-order valence-electron chi connectivity index (χ1n) is 7.74. The van der Waals surface area contributed by atoms with Crippen molar-refractivity contribution in [3.63, 3.8) is 0 Å². The Bertz CT molecular complexity index is 570. The van der Waals surface area contributed by atoms with Crippen molar-refractivity contribution in [3.05, 3.63) is 35.9 Å². The Kier molecular flexibility index (Phi) is 4.63. The first-order chi connectivity index (χ1) is 10.7. The van der Waals surface area contributed by atoms with Crippen LogP contribution in [0.5, 0.6) is 11.5 Å². The molecule has 0 spiro atoms. The molecule has 5 heteroatoms. The van der Waals surface area contributed by atoms with E-state index in [0.717, 1.165) is 19.3 Å². The molecule has 1 aromatic carbocycles. The van der Waals surface area contributed by atoms with Gasteiger partial charge in [0.2, 0.25) is 5.91 Å². The Labute approximate surface area is 129 Å². The second-order valence-electron chi connectivity index (χ2n) is 5.65. The van der Waals surface area contributed by atoms with Crippen LogP contribution in [0.15, 0.2) is 30.4 Å². The lowest BCUT2D eigenvalue weighted by Gasteiger charge is -2.21. The summed E-state index contributed by atoms with van der Waals surface area (Å²) in [4.78, 5) is 12.1. The number of hydrogen-bond donors (Lipinski definition) is 2. The molecule has 0 bridgehead atoms. The van der Waals surface area contributed by atoms with Gasteiger partial charge in [0.1, 0.15) is 13.2 Å². The van der Waals surface area contributed by atoms with E-state index < -0.39 is 6.10 Å². The van der Waals surface area contributed by atoms with Crippen LogP contribution in [0, 0.1) is 5.92 Å². The molecule has 1 heterocycles. The molecule has 3 rings (SSSR count). The van der Waals surface area contributed by atoms with Gasteiger partial charge in [0, 0.05) is 12.5 Å². The van der Waals surface area contributed by atoms with Crippen molar-refractivity contribution in [2.75, 3.05) is 19.8 Å². The average molecular weight is 303 g/mol. The summed E-state index contributed by atoms with van der Waals surface area (Å²) in [5.41, 5.74) is 0.716. The fourth-order valence-corrected chi connectivity index (χ4v) is 2.76. The molecule has 22 heavy (non-hydrogen) atoms. The van der Waals surface area contributed by atoms with Crippen molar-refractivity contribution in [2.24, 2.45) is 5.92 Å². The third-order valence-corrected chi connectivity index (χ3v) is 4.06. The predicted octanol–water partition coefficient (Wildman–Crippen LogP) is 1.96. The topological polar surface area (TPSA) is 67.8 Å². The number of fused-ring (bicyclic) bond motifs is 1. The summed E-state index contributed by atoms with van der Waals surface area (Å²) in [6.07, 6.45) is 6.01. The summed E-state index contributed by atoms with van der Waals surface area (Å²) in [7, 11) is 0. The number of ether oxygens (including phenoxy) is 2. The molecule has 118 valence electrons. The van der Waals surface area contributed by atoms with Gasteiger partial charge in [-0.3, -0.25) is 4.79 Å². The van der Waals surface area contributed by atoms with E-state index in [1.54, 1.807) is 18.2 Å². The standard InChI is InChI=1S/C17H21NO4/c19-14(11-18-17(20)12-4-2-1-3-5-12)13-6-7-15-16(10-13)22-9-8-21-15/h1-2,6-7,10,12,14,19H,3-5,8-9,11H2,(H,18,20)/t12-,14-/m0/s1. The van der Waals surface area contributed by atoms with Gasteiger partial charge in [-0.15, -0.1) is 0 Å². The third-order valence-electron chi connectivity index (χ3n) is 4.06. The van der Waals surface area contributed by atoms with E-state index in [4.69, 9.17) is 9.47 Å². The van der Waals surface area contributed by atoms with Crippen LogP contribution in [0.3, 0.4) is 0 Å². The molecule has 1 aromatic rings. The molecule has 1 amide bonds. The number of amides is 1. The molecule has 0 fully saturated rings. The van der Waals surface area contributed by atoms with Crippen LogP contribution >= 0.6 is 0 Å². The normalized spacial score (nSPS) is 21.2. The van der Waals surface area contributed by atoms with E-state index in [-0.39, 0.29) is 18.4 Å². The summed E-state index contributed by atoms with van der Waals surface area (Å²) in [5.74, 6) is 1.38. The van der Waals surface area contributed by atoms with Crippen molar-refractivity contribution >= 4 is 5.91 Å². The van der Waals surface area contributed by atoms with Gasteiger partial charge >= 0.3 is 0 Å². The summed E-state index contributed by atoms with van der Waals surface area (Å²) < 4.78 is 11.0. The summed E-state index contributed by atoms with van der Waals surface area (Å²) in [6, 6.07) is 5.36. The fourth-order valence-electron chi connectivity index (χ4n) is 2.76. The molecule has 0 radical (unpaired) electrons. The summed E-state index contributed by atoms with van der Waals surface area (Å²) in [6.45, 7) is 1.26. The zero-order valence-electron chi connectivity index (χ0n) is 12.5. The Balaban J connectivity index is 1.56. The highest BCUT2D eigenvalue weighted by atomic mass is 16.6. The number of benzene rings is 1. The van der Waals surface area contributed by atoms with Gasteiger partial charge in [0.05, 0.1) is 6.10 Å². The highest BCUT2D eigenvalue weighted by Crippen LogP contribution is 2.32. The number of aliphatic hydroxyl groups excluding tert-OH is 1. The second kappa shape index (κ2) is 6.83. The van der Waals surface area contributed by atoms with E-state index in [9.17, 15) is 9.90 Å². The van der Waals surface area contributed by atoms with Gasteiger partial charge in [-0.2, -0.15) is 0 Å². The number of carbonyl (C=O) groups excluding carboxylic acids is 1. The lowest BCUT2D eigenvalue weighted by atomic mass is 9.93. The van der Waals surface area contributed by atoms with Gasteiger partial charge in [-0.05, 0) is 37.0 Å². The highest BCUT2D eigenvalue weighted by molar-refractivity contribution is 5.79. The lowest BCUT2D eigenvalue weighted by molar-refractivity contribution is -0.125. The van der Waals surface area contributed by atoms with Crippen molar-refractivity contribution in [1.82, 2.24) is 5.32 Å². The van der Waals surface area contributed by atoms with E-state index in [2.05, 4.69) is 11.4 Å². The largest absolute Gasteiger partial charge is 0.486 e. The minimum absolute atomic E-state index is 0.0148. The van der Waals surface area contributed by atoms with Gasteiger partial charge in [0.15, 0.2) is 11.5 Å². The van der Waals surface area contributed by atoms with Crippen LogP contribution < -0.4 is 14.8 Å². The molecule has 0 saturated carbocycles. The Morgan fingerprint density at radius 2 is 2.09 bits per heavy atom. The van der Waals surface area contributed by atoms with Crippen molar-refractivity contribution < 1.29 is 19.4 Å². The summed E-state index contributed by atoms with van der Waals surface area (Å²) >= 11 is 0. The Morgan fingerprint density at radius 1 is 1.27 bits per heavy atom. The van der Waals surface area contributed by atoms with Crippen molar-refractivity contribution in [1.29, 1.82) is 0 Å². The molecule has 2 N–H and O–H groups in total. The average Bonchev–Trinajstić information content (AvgIpc) is 2.59. The number of hydrogen-bond acceptors (Lipinski definition) is 4.